The summed E-state index contributed by atoms with van der Waals surface area (Å²) < 4.78 is 0. The van der Waals surface area contributed by atoms with Gasteiger partial charge in [0.2, 0.25) is 0 Å². The average Bonchev–Trinajstić information content (AvgIpc) is 2.27. The van der Waals surface area contributed by atoms with Crippen LogP contribution in [0.1, 0.15) is 20.7 Å². The molecule has 0 radical (unpaired) electrons. The molecule has 0 saturated carbocycles. The number of carbonyl (C=O) groups excluding carboxylic acids is 2. The van der Waals surface area contributed by atoms with E-state index in [2.05, 4.69) is 4.98 Å². The first-order valence-corrected chi connectivity index (χ1v) is 5.14. The van der Waals surface area contributed by atoms with Crippen LogP contribution in [0.5, 0.6) is 0 Å². The summed E-state index contributed by atoms with van der Waals surface area (Å²) in [5.74, 6) is 0. The summed E-state index contributed by atoms with van der Waals surface area (Å²) in [5.41, 5.74) is 0.958. The molecule has 0 N–H and O–H groups in total. The van der Waals surface area contributed by atoms with Crippen LogP contribution in [-0.4, -0.2) is 15.5 Å². The predicted molar refractivity (Wildman–Crippen MR) is 62.1 cm³/mol. The van der Waals surface area contributed by atoms with Crippen molar-refractivity contribution in [3.63, 3.8) is 0 Å². The van der Waals surface area contributed by atoms with Crippen molar-refractivity contribution in [2.24, 2.45) is 0 Å². The van der Waals surface area contributed by atoms with E-state index in [1.54, 1.807) is 18.2 Å². The van der Waals surface area contributed by atoms with Crippen LogP contribution in [0.15, 0.2) is 30.5 Å². The number of benzene rings is 1. The van der Waals surface area contributed by atoms with E-state index in [0.717, 1.165) is 0 Å². The van der Waals surface area contributed by atoms with Crippen molar-refractivity contribution in [3.05, 3.63) is 41.6 Å². The lowest BCUT2D eigenvalue weighted by Gasteiger charge is -2.03. The van der Waals surface area contributed by atoms with Crippen LogP contribution in [0, 0.1) is 0 Å². The molecule has 1 heterocycles. The van der Waals surface area contributed by atoms with Gasteiger partial charge in [0.1, 0.15) is 0 Å². The standard InChI is InChI=1S/C11H5Cl2NO2/c12-10(15)7-4-5-14-9-6(7)2-1-3-8(9)11(13)16/h1-5H. The van der Waals surface area contributed by atoms with E-state index in [0.29, 0.717) is 16.5 Å². The molecule has 0 fully saturated rings. The highest BCUT2D eigenvalue weighted by molar-refractivity contribution is 6.69. The molecule has 0 amide bonds. The molecule has 0 aliphatic carbocycles. The summed E-state index contributed by atoms with van der Waals surface area (Å²) in [6, 6.07) is 6.34. The van der Waals surface area contributed by atoms with E-state index >= 15 is 0 Å². The van der Waals surface area contributed by atoms with Crippen molar-refractivity contribution in [2.45, 2.75) is 0 Å². The van der Waals surface area contributed by atoms with Crippen LogP contribution in [0.3, 0.4) is 0 Å². The van der Waals surface area contributed by atoms with Gasteiger partial charge in [0, 0.05) is 17.1 Å². The summed E-state index contributed by atoms with van der Waals surface area (Å²) in [7, 11) is 0. The van der Waals surface area contributed by atoms with Crippen molar-refractivity contribution >= 4 is 44.6 Å². The Labute approximate surface area is 101 Å². The van der Waals surface area contributed by atoms with Gasteiger partial charge in [-0.05, 0) is 35.3 Å². The number of pyridine rings is 1. The third-order valence-corrected chi connectivity index (χ3v) is 2.60. The highest BCUT2D eigenvalue weighted by Crippen LogP contribution is 2.22. The number of halogens is 2. The smallest absolute Gasteiger partial charge is 0.254 e. The van der Waals surface area contributed by atoms with E-state index in [-0.39, 0.29) is 5.56 Å². The van der Waals surface area contributed by atoms with Crippen LogP contribution >= 0.6 is 23.2 Å². The number of hydrogen-bond acceptors (Lipinski definition) is 3. The van der Waals surface area contributed by atoms with Gasteiger partial charge in [0.15, 0.2) is 0 Å². The lowest BCUT2D eigenvalue weighted by molar-refractivity contribution is 0.107. The molecule has 2 rings (SSSR count). The summed E-state index contributed by atoms with van der Waals surface area (Å²) in [6.45, 7) is 0. The second kappa shape index (κ2) is 4.20. The van der Waals surface area contributed by atoms with Crippen molar-refractivity contribution in [2.75, 3.05) is 0 Å². The molecule has 0 aliphatic rings. The van der Waals surface area contributed by atoms with Gasteiger partial charge in [-0.1, -0.05) is 12.1 Å². The monoisotopic (exact) mass is 253 g/mol. The third-order valence-electron chi connectivity index (χ3n) is 2.19. The molecule has 0 saturated heterocycles. The number of nitrogens with zero attached hydrogens (tertiary/aromatic N) is 1. The van der Waals surface area contributed by atoms with E-state index in [1.807, 2.05) is 0 Å². The predicted octanol–water partition coefficient (Wildman–Crippen LogP) is 2.99. The number of rotatable bonds is 2. The normalized spacial score (nSPS) is 10.4. The van der Waals surface area contributed by atoms with Crippen LogP contribution in [0.2, 0.25) is 0 Å². The molecule has 3 nitrogen and oxygen atoms in total. The number of aromatic nitrogens is 1. The van der Waals surface area contributed by atoms with Gasteiger partial charge in [0.25, 0.3) is 10.5 Å². The van der Waals surface area contributed by atoms with E-state index in [1.165, 1.54) is 12.3 Å². The molecule has 80 valence electrons. The van der Waals surface area contributed by atoms with Crippen LogP contribution < -0.4 is 0 Å². The number of fused-ring (bicyclic) bond motifs is 1. The minimum absolute atomic E-state index is 0.263. The topological polar surface area (TPSA) is 47.0 Å². The Bertz CT molecular complexity index is 542. The quantitative estimate of drug-likeness (QED) is 0.774. The highest BCUT2D eigenvalue weighted by Gasteiger charge is 2.13. The van der Waals surface area contributed by atoms with E-state index in [9.17, 15) is 9.59 Å². The summed E-state index contributed by atoms with van der Waals surface area (Å²) >= 11 is 10.8. The van der Waals surface area contributed by atoms with Gasteiger partial charge in [0.05, 0.1) is 11.1 Å². The van der Waals surface area contributed by atoms with Gasteiger partial charge >= 0.3 is 0 Å². The lowest BCUT2D eigenvalue weighted by atomic mass is 10.1. The van der Waals surface area contributed by atoms with Crippen LogP contribution in [-0.2, 0) is 0 Å². The maximum absolute atomic E-state index is 11.2. The van der Waals surface area contributed by atoms with Crippen molar-refractivity contribution in [3.8, 4) is 0 Å². The Kier molecular flexibility index (Phi) is 2.90. The van der Waals surface area contributed by atoms with Gasteiger partial charge in [-0.25, -0.2) is 0 Å². The zero-order valence-corrected chi connectivity index (χ0v) is 9.42. The molecule has 0 spiro atoms. The molecule has 0 unspecified atom stereocenters. The van der Waals surface area contributed by atoms with Gasteiger partial charge < -0.3 is 0 Å². The Morgan fingerprint density at radius 3 is 2.31 bits per heavy atom. The first kappa shape index (κ1) is 11.0. The molecule has 1 aromatic heterocycles. The number of hydrogen-bond donors (Lipinski definition) is 0. The fourth-order valence-electron chi connectivity index (χ4n) is 1.51. The molecular weight excluding hydrogens is 249 g/mol. The van der Waals surface area contributed by atoms with Gasteiger partial charge in [-0.3, -0.25) is 14.6 Å². The fraction of sp³-hybridized carbons (Fsp3) is 0. The second-order valence-electron chi connectivity index (χ2n) is 3.11. The Hall–Kier alpha value is -1.45. The van der Waals surface area contributed by atoms with Crippen molar-refractivity contribution in [1.29, 1.82) is 0 Å². The SMILES string of the molecule is O=C(Cl)c1ccnc2c(C(=O)Cl)cccc12. The Balaban J connectivity index is 2.86. The molecule has 16 heavy (non-hydrogen) atoms. The van der Waals surface area contributed by atoms with Crippen molar-refractivity contribution in [1.82, 2.24) is 4.98 Å². The second-order valence-corrected chi connectivity index (χ2v) is 3.79. The molecule has 2 aromatic rings. The van der Waals surface area contributed by atoms with Crippen LogP contribution in [0.4, 0.5) is 0 Å². The fourth-order valence-corrected chi connectivity index (χ4v) is 1.82. The number of para-hydroxylation sites is 1. The minimum atomic E-state index is -0.614. The van der Waals surface area contributed by atoms with E-state index < -0.39 is 10.5 Å². The molecule has 0 bridgehead atoms. The van der Waals surface area contributed by atoms with Crippen molar-refractivity contribution < 1.29 is 9.59 Å². The van der Waals surface area contributed by atoms with Gasteiger partial charge in [-0.2, -0.15) is 0 Å². The van der Waals surface area contributed by atoms with Gasteiger partial charge in [-0.15, -0.1) is 0 Å². The number of carbonyl (C=O) groups is 2. The summed E-state index contributed by atoms with van der Waals surface area (Å²) in [5, 5.41) is -0.683. The molecule has 0 atom stereocenters. The highest BCUT2D eigenvalue weighted by atomic mass is 35.5. The molecule has 1 aromatic carbocycles. The molecule has 0 aliphatic heterocycles. The molecule has 5 heteroatoms. The average molecular weight is 254 g/mol. The maximum Gasteiger partial charge on any atom is 0.254 e. The van der Waals surface area contributed by atoms with Crippen LogP contribution in [0.25, 0.3) is 10.9 Å². The zero-order chi connectivity index (χ0) is 11.7. The largest absolute Gasteiger partial charge is 0.276 e. The third kappa shape index (κ3) is 1.79. The van der Waals surface area contributed by atoms with E-state index in [4.69, 9.17) is 23.2 Å². The lowest BCUT2D eigenvalue weighted by Crippen LogP contribution is -1.97. The maximum atomic E-state index is 11.2. The Morgan fingerprint density at radius 2 is 1.69 bits per heavy atom. The first-order chi connectivity index (χ1) is 7.61. The molecular formula is C11H5Cl2NO2. The first-order valence-electron chi connectivity index (χ1n) is 4.38. The minimum Gasteiger partial charge on any atom is -0.276 e. The zero-order valence-electron chi connectivity index (χ0n) is 7.91. The summed E-state index contributed by atoms with van der Waals surface area (Å²) in [4.78, 5) is 26.3. The summed E-state index contributed by atoms with van der Waals surface area (Å²) in [6.07, 6.45) is 1.42. The Morgan fingerprint density at radius 1 is 1.00 bits per heavy atom.